The third kappa shape index (κ3) is 4.00. The van der Waals surface area contributed by atoms with Gasteiger partial charge in [0.15, 0.2) is 23.1 Å². The van der Waals surface area contributed by atoms with Crippen LogP contribution in [-0.4, -0.2) is 19.9 Å². The molecule has 0 saturated carbocycles. The summed E-state index contributed by atoms with van der Waals surface area (Å²) >= 11 is 1.76. The highest BCUT2D eigenvalue weighted by Crippen LogP contribution is 2.45. The van der Waals surface area contributed by atoms with Crippen molar-refractivity contribution in [3.8, 4) is 45.6 Å². The number of thiophene rings is 1. The molecule has 9 rings (SSSR count). The van der Waals surface area contributed by atoms with Gasteiger partial charge in [-0.25, -0.2) is 19.9 Å². The first-order chi connectivity index (χ1) is 21.8. The molecule has 0 saturated heterocycles. The predicted octanol–water partition coefficient (Wildman–Crippen LogP) is 10.2. The summed E-state index contributed by atoms with van der Waals surface area (Å²) in [6, 6.07) is 45.1. The minimum atomic E-state index is 0.601. The maximum Gasteiger partial charge on any atom is 0.227 e. The van der Waals surface area contributed by atoms with Crippen molar-refractivity contribution >= 4 is 53.4 Å². The molecule has 3 aromatic heterocycles. The van der Waals surface area contributed by atoms with E-state index in [2.05, 4.69) is 36.4 Å². The lowest BCUT2D eigenvalue weighted by Gasteiger charge is -2.11. The van der Waals surface area contributed by atoms with Gasteiger partial charge >= 0.3 is 0 Å². The van der Waals surface area contributed by atoms with Crippen LogP contribution in [0.25, 0.3) is 87.7 Å². The van der Waals surface area contributed by atoms with E-state index in [9.17, 15) is 0 Å². The highest BCUT2D eigenvalue weighted by molar-refractivity contribution is 7.26. The van der Waals surface area contributed by atoms with Gasteiger partial charge in [-0.2, -0.15) is 0 Å². The third-order valence-corrected chi connectivity index (χ3v) is 9.07. The summed E-state index contributed by atoms with van der Waals surface area (Å²) in [5.41, 5.74) is 5.32. The van der Waals surface area contributed by atoms with Crippen molar-refractivity contribution in [3.63, 3.8) is 0 Å². The largest absolute Gasteiger partial charge is 0.435 e. The van der Waals surface area contributed by atoms with Crippen LogP contribution >= 0.6 is 11.3 Å². The Morgan fingerprint density at radius 1 is 0.455 bits per heavy atom. The number of fused-ring (bicyclic) bond motifs is 7. The molecule has 0 fully saturated rings. The van der Waals surface area contributed by atoms with Crippen LogP contribution in [0.15, 0.2) is 138 Å². The molecule has 0 aliphatic carbocycles. The summed E-state index contributed by atoms with van der Waals surface area (Å²) in [5.74, 6) is 2.48. The van der Waals surface area contributed by atoms with Gasteiger partial charge in [-0.1, -0.05) is 103 Å². The molecule has 0 bridgehead atoms. The van der Waals surface area contributed by atoms with Crippen LogP contribution in [0.4, 0.5) is 0 Å². The lowest BCUT2D eigenvalue weighted by molar-refractivity contribution is 0.623. The van der Waals surface area contributed by atoms with Gasteiger partial charge in [0.25, 0.3) is 0 Å². The molecule has 0 aliphatic rings. The highest BCUT2D eigenvalue weighted by atomic mass is 32.1. The molecule has 206 valence electrons. The fourth-order valence-corrected chi connectivity index (χ4v) is 7.07. The second-order valence-corrected chi connectivity index (χ2v) is 11.7. The number of oxazole rings is 1. The summed E-state index contributed by atoms with van der Waals surface area (Å²) in [5, 5.41) is 4.38. The number of hydrogen-bond acceptors (Lipinski definition) is 6. The normalized spacial score (nSPS) is 11.6. The van der Waals surface area contributed by atoms with E-state index >= 15 is 0 Å². The monoisotopic (exact) mass is 582 g/mol. The molecule has 0 atom stereocenters. The molecule has 6 heteroatoms. The van der Waals surface area contributed by atoms with Crippen molar-refractivity contribution in [2.24, 2.45) is 0 Å². The van der Waals surface area contributed by atoms with Crippen molar-refractivity contribution in [2.45, 2.75) is 0 Å². The van der Waals surface area contributed by atoms with Crippen LogP contribution in [0.1, 0.15) is 0 Å². The zero-order valence-electron chi connectivity index (χ0n) is 23.3. The molecule has 0 spiro atoms. The summed E-state index contributed by atoms with van der Waals surface area (Å²) in [4.78, 5) is 20.0. The van der Waals surface area contributed by atoms with E-state index < -0.39 is 0 Å². The first-order valence-electron chi connectivity index (χ1n) is 14.4. The molecule has 44 heavy (non-hydrogen) atoms. The van der Waals surface area contributed by atoms with Gasteiger partial charge < -0.3 is 4.42 Å². The van der Waals surface area contributed by atoms with E-state index in [1.165, 1.54) is 10.1 Å². The Morgan fingerprint density at radius 3 is 1.73 bits per heavy atom. The van der Waals surface area contributed by atoms with Gasteiger partial charge in [-0.15, -0.1) is 11.3 Å². The average Bonchev–Trinajstić information content (AvgIpc) is 3.71. The molecule has 6 aromatic carbocycles. The Morgan fingerprint density at radius 2 is 1.05 bits per heavy atom. The second kappa shape index (κ2) is 9.93. The molecule has 5 nitrogen and oxygen atoms in total. The molecule has 3 heterocycles. The van der Waals surface area contributed by atoms with E-state index in [0.717, 1.165) is 54.2 Å². The van der Waals surface area contributed by atoms with Crippen LogP contribution in [0.5, 0.6) is 0 Å². The van der Waals surface area contributed by atoms with Crippen LogP contribution in [0.3, 0.4) is 0 Å². The maximum absolute atomic E-state index is 6.61. The minimum Gasteiger partial charge on any atom is -0.435 e. The van der Waals surface area contributed by atoms with Gasteiger partial charge in [0.1, 0.15) is 5.52 Å². The summed E-state index contributed by atoms with van der Waals surface area (Å²) in [7, 11) is 0. The van der Waals surface area contributed by atoms with Crippen LogP contribution in [0.2, 0.25) is 0 Å². The van der Waals surface area contributed by atoms with Crippen LogP contribution in [0, 0.1) is 0 Å². The van der Waals surface area contributed by atoms with Gasteiger partial charge in [0.05, 0.1) is 0 Å². The first kappa shape index (κ1) is 24.8. The van der Waals surface area contributed by atoms with Gasteiger partial charge in [-0.05, 0) is 35.7 Å². The van der Waals surface area contributed by atoms with Crippen molar-refractivity contribution in [3.05, 3.63) is 133 Å². The van der Waals surface area contributed by atoms with Gasteiger partial charge in [0, 0.05) is 47.8 Å². The van der Waals surface area contributed by atoms with Gasteiger partial charge in [0.2, 0.25) is 5.89 Å². The fraction of sp³-hybridized carbons (Fsp3) is 0. The predicted molar refractivity (Wildman–Crippen MR) is 180 cm³/mol. The number of benzene rings is 6. The number of hydrogen-bond donors (Lipinski definition) is 0. The molecule has 0 unspecified atom stereocenters. The lowest BCUT2D eigenvalue weighted by atomic mass is 9.98. The summed E-state index contributed by atoms with van der Waals surface area (Å²) < 4.78 is 8.97. The highest BCUT2D eigenvalue weighted by Gasteiger charge is 2.21. The van der Waals surface area contributed by atoms with Crippen molar-refractivity contribution in [1.29, 1.82) is 0 Å². The molecular weight excluding hydrogens is 561 g/mol. The molecule has 0 radical (unpaired) electrons. The smallest absolute Gasteiger partial charge is 0.227 e. The molecule has 0 aliphatic heterocycles. The topological polar surface area (TPSA) is 64.7 Å². The van der Waals surface area contributed by atoms with Crippen molar-refractivity contribution < 1.29 is 4.42 Å². The Kier molecular flexibility index (Phi) is 5.61. The van der Waals surface area contributed by atoms with E-state index in [1.54, 1.807) is 11.3 Å². The fourth-order valence-electron chi connectivity index (χ4n) is 5.92. The Hall–Kier alpha value is -5.72. The van der Waals surface area contributed by atoms with E-state index in [-0.39, 0.29) is 0 Å². The Bertz CT molecular complexity index is 2430. The zero-order chi connectivity index (χ0) is 29.0. The number of rotatable bonds is 4. The lowest BCUT2D eigenvalue weighted by Crippen LogP contribution is -2.00. The summed E-state index contributed by atoms with van der Waals surface area (Å²) in [6.45, 7) is 0. The summed E-state index contributed by atoms with van der Waals surface area (Å²) in [6.07, 6.45) is 0. The molecule has 9 aromatic rings. The van der Waals surface area contributed by atoms with Crippen LogP contribution < -0.4 is 0 Å². The Labute approximate surface area is 256 Å². The molecular formula is C38H22N4OS. The van der Waals surface area contributed by atoms with Crippen molar-refractivity contribution in [2.75, 3.05) is 0 Å². The quantitative estimate of drug-likeness (QED) is 0.207. The molecule has 0 N–H and O–H groups in total. The minimum absolute atomic E-state index is 0.601. The Balaban J connectivity index is 1.39. The van der Waals surface area contributed by atoms with Crippen LogP contribution in [-0.2, 0) is 0 Å². The van der Waals surface area contributed by atoms with Crippen molar-refractivity contribution in [1.82, 2.24) is 19.9 Å². The maximum atomic E-state index is 6.61. The second-order valence-electron chi connectivity index (χ2n) is 10.7. The first-order valence-corrected chi connectivity index (χ1v) is 15.2. The third-order valence-electron chi connectivity index (χ3n) is 7.96. The SMILES string of the molecule is c1ccc(-c2nc(-c3ccccc3)nc(-c3cc4sc5ccccc5c4c4c3ccc3nc(-c5ccccc5)oc34)n2)cc1. The number of aromatic nitrogens is 4. The average molecular weight is 583 g/mol. The van der Waals surface area contributed by atoms with E-state index in [0.29, 0.717) is 23.4 Å². The van der Waals surface area contributed by atoms with Gasteiger partial charge in [-0.3, -0.25) is 0 Å². The van der Waals surface area contributed by atoms with E-state index in [1.807, 2.05) is 97.1 Å². The zero-order valence-corrected chi connectivity index (χ0v) is 24.1. The standard InChI is InChI=1S/C38H22N4OS/c1-4-12-23(13-5-1)35-40-36(24-14-6-2-7-15-24)42-37(41-35)28-22-31-32(27-18-10-11-19-30(27)44-31)33-26(28)20-21-29-34(33)43-38(39-29)25-16-8-3-9-17-25/h1-22H. The molecule has 0 amide bonds. The van der Waals surface area contributed by atoms with E-state index in [4.69, 9.17) is 24.4 Å². The number of nitrogens with zero attached hydrogens (tertiary/aromatic N) is 4.